The van der Waals surface area contributed by atoms with Gasteiger partial charge in [0.2, 0.25) is 0 Å². The summed E-state index contributed by atoms with van der Waals surface area (Å²) in [5.41, 5.74) is 6.68. The number of aliphatic imine (C=N–C) groups is 1. The Kier molecular flexibility index (Phi) is 6.31. The summed E-state index contributed by atoms with van der Waals surface area (Å²) in [5, 5.41) is 3.15. The van der Waals surface area contributed by atoms with Gasteiger partial charge in [-0.2, -0.15) is 0 Å². The van der Waals surface area contributed by atoms with Crippen LogP contribution in [0.15, 0.2) is 17.3 Å². The van der Waals surface area contributed by atoms with E-state index in [1.54, 1.807) is 6.20 Å². The molecule has 0 aromatic carbocycles. The third-order valence-corrected chi connectivity index (χ3v) is 3.04. The molecular formula is C12H20IN5. The van der Waals surface area contributed by atoms with E-state index in [2.05, 4.69) is 20.3 Å². The monoisotopic (exact) mass is 361 g/mol. The van der Waals surface area contributed by atoms with Crippen LogP contribution in [-0.4, -0.2) is 22.5 Å². The second kappa shape index (κ2) is 7.50. The van der Waals surface area contributed by atoms with Crippen LogP contribution in [0.4, 0.5) is 0 Å². The number of hydrogen-bond acceptors (Lipinski definition) is 3. The van der Waals surface area contributed by atoms with Gasteiger partial charge in [-0.05, 0) is 31.7 Å². The quantitative estimate of drug-likeness (QED) is 0.485. The minimum Gasteiger partial charge on any atom is -0.370 e. The lowest BCUT2D eigenvalue weighted by Crippen LogP contribution is -2.37. The molecule has 1 saturated carbocycles. The number of nitrogens with zero attached hydrogens (tertiary/aromatic N) is 3. The fourth-order valence-electron chi connectivity index (χ4n) is 1.76. The minimum absolute atomic E-state index is 0. The fourth-order valence-corrected chi connectivity index (χ4v) is 1.76. The first-order valence-electron chi connectivity index (χ1n) is 6.06. The predicted molar refractivity (Wildman–Crippen MR) is 82.9 cm³/mol. The van der Waals surface area contributed by atoms with E-state index in [0.29, 0.717) is 12.5 Å². The smallest absolute Gasteiger partial charge is 0.188 e. The fraction of sp³-hybridized carbons (Fsp3) is 0.583. The highest BCUT2D eigenvalue weighted by Crippen LogP contribution is 2.24. The van der Waals surface area contributed by atoms with Gasteiger partial charge in [0, 0.05) is 12.7 Å². The highest BCUT2D eigenvalue weighted by Gasteiger charge is 2.16. The Morgan fingerprint density at radius 3 is 2.94 bits per heavy atom. The molecule has 1 aliphatic carbocycles. The van der Waals surface area contributed by atoms with E-state index in [4.69, 9.17) is 5.73 Å². The van der Waals surface area contributed by atoms with Crippen molar-refractivity contribution in [2.24, 2.45) is 16.6 Å². The Balaban J connectivity index is 0.00000162. The average molecular weight is 361 g/mol. The molecule has 1 fully saturated rings. The molecule has 100 valence electrons. The molecule has 0 atom stereocenters. The molecular weight excluding hydrogens is 341 g/mol. The molecule has 6 heteroatoms. The molecule has 1 aromatic rings. The van der Waals surface area contributed by atoms with Crippen molar-refractivity contribution < 1.29 is 0 Å². The van der Waals surface area contributed by atoms with E-state index < -0.39 is 0 Å². The van der Waals surface area contributed by atoms with Crippen molar-refractivity contribution in [1.29, 1.82) is 0 Å². The molecule has 2 rings (SSSR count). The van der Waals surface area contributed by atoms with Gasteiger partial charge >= 0.3 is 0 Å². The normalized spacial score (nSPS) is 15.7. The summed E-state index contributed by atoms with van der Waals surface area (Å²) in [7, 11) is 0. The second-order valence-electron chi connectivity index (χ2n) is 4.47. The van der Waals surface area contributed by atoms with E-state index in [0.717, 1.165) is 24.0 Å². The van der Waals surface area contributed by atoms with E-state index >= 15 is 0 Å². The molecule has 18 heavy (non-hydrogen) atoms. The van der Waals surface area contributed by atoms with Crippen molar-refractivity contribution >= 4 is 29.9 Å². The zero-order valence-corrected chi connectivity index (χ0v) is 12.9. The Bertz CT molecular complexity index is 403. The topological polar surface area (TPSA) is 76.2 Å². The molecule has 0 bridgehead atoms. The van der Waals surface area contributed by atoms with Crippen LogP contribution >= 0.6 is 24.0 Å². The Morgan fingerprint density at radius 1 is 1.56 bits per heavy atom. The van der Waals surface area contributed by atoms with Crippen LogP contribution in [0.3, 0.4) is 0 Å². The number of nitrogens with one attached hydrogen (secondary N) is 1. The van der Waals surface area contributed by atoms with Crippen molar-refractivity contribution in [3.63, 3.8) is 0 Å². The first kappa shape index (κ1) is 15.1. The highest BCUT2D eigenvalue weighted by atomic mass is 127. The molecule has 0 unspecified atom stereocenters. The van der Waals surface area contributed by atoms with Gasteiger partial charge in [-0.1, -0.05) is 6.42 Å². The Morgan fingerprint density at radius 2 is 2.33 bits per heavy atom. The maximum absolute atomic E-state index is 5.78. The number of hydrogen-bond donors (Lipinski definition) is 2. The van der Waals surface area contributed by atoms with Gasteiger partial charge in [0.05, 0.1) is 12.2 Å². The standard InChI is InChI=1S/C12H19N5.HI/c1-9-14-6-5-11(17-9)8-16-12(13)15-7-10-3-2-4-10;/h5-6,10H,2-4,7-8H2,1H3,(H3,13,15,16);1H. The third-order valence-electron chi connectivity index (χ3n) is 3.04. The van der Waals surface area contributed by atoms with E-state index in [1.165, 1.54) is 19.3 Å². The predicted octanol–water partition coefficient (Wildman–Crippen LogP) is 1.61. The van der Waals surface area contributed by atoms with Gasteiger partial charge in [-0.25, -0.2) is 15.0 Å². The summed E-state index contributed by atoms with van der Waals surface area (Å²) >= 11 is 0. The Hall–Kier alpha value is -0.920. The maximum atomic E-state index is 5.78. The van der Waals surface area contributed by atoms with Gasteiger partial charge in [0.1, 0.15) is 5.82 Å². The van der Waals surface area contributed by atoms with Gasteiger partial charge in [0.25, 0.3) is 0 Å². The summed E-state index contributed by atoms with van der Waals surface area (Å²) in [4.78, 5) is 12.6. The number of halogens is 1. The van der Waals surface area contributed by atoms with Crippen LogP contribution < -0.4 is 11.1 Å². The maximum Gasteiger partial charge on any atom is 0.188 e. The lowest BCUT2D eigenvalue weighted by molar-refractivity contribution is 0.315. The average Bonchev–Trinajstić information content (AvgIpc) is 2.24. The van der Waals surface area contributed by atoms with Gasteiger partial charge in [0.15, 0.2) is 5.96 Å². The zero-order chi connectivity index (χ0) is 12.1. The molecule has 3 N–H and O–H groups in total. The summed E-state index contributed by atoms with van der Waals surface area (Å²) in [6.45, 7) is 3.32. The third kappa shape index (κ3) is 4.75. The lowest BCUT2D eigenvalue weighted by atomic mass is 9.85. The second-order valence-corrected chi connectivity index (χ2v) is 4.47. The van der Waals surface area contributed by atoms with E-state index in [-0.39, 0.29) is 24.0 Å². The van der Waals surface area contributed by atoms with Gasteiger partial charge in [-0.3, -0.25) is 0 Å². The number of aromatic nitrogens is 2. The van der Waals surface area contributed by atoms with Crippen molar-refractivity contribution in [1.82, 2.24) is 15.3 Å². The summed E-state index contributed by atoms with van der Waals surface area (Å²) in [6, 6.07) is 1.86. The van der Waals surface area contributed by atoms with E-state index in [9.17, 15) is 0 Å². The highest BCUT2D eigenvalue weighted by molar-refractivity contribution is 14.0. The minimum atomic E-state index is 0. The van der Waals surface area contributed by atoms with Gasteiger partial charge in [-0.15, -0.1) is 24.0 Å². The molecule has 0 spiro atoms. The molecule has 1 aromatic heterocycles. The molecule has 1 heterocycles. The van der Waals surface area contributed by atoms with Crippen LogP contribution in [0.1, 0.15) is 30.8 Å². The first-order chi connectivity index (χ1) is 8.24. The molecule has 0 aliphatic heterocycles. The van der Waals surface area contributed by atoms with Gasteiger partial charge < -0.3 is 11.1 Å². The van der Waals surface area contributed by atoms with Crippen LogP contribution in [0.5, 0.6) is 0 Å². The molecule has 0 radical (unpaired) electrons. The molecule has 1 aliphatic rings. The number of nitrogens with two attached hydrogens (primary N) is 1. The van der Waals surface area contributed by atoms with Crippen molar-refractivity contribution in [3.05, 3.63) is 23.8 Å². The SMILES string of the molecule is Cc1nccc(CN=C(N)NCC2CCC2)n1.I. The van der Waals surface area contributed by atoms with Crippen LogP contribution in [0.2, 0.25) is 0 Å². The van der Waals surface area contributed by atoms with Crippen molar-refractivity contribution in [2.45, 2.75) is 32.7 Å². The van der Waals surface area contributed by atoms with Crippen molar-refractivity contribution in [2.75, 3.05) is 6.54 Å². The van der Waals surface area contributed by atoms with Crippen LogP contribution in [-0.2, 0) is 6.54 Å². The largest absolute Gasteiger partial charge is 0.370 e. The molecule has 0 amide bonds. The number of guanidine groups is 1. The summed E-state index contributed by atoms with van der Waals surface area (Å²) < 4.78 is 0. The van der Waals surface area contributed by atoms with Crippen LogP contribution in [0, 0.1) is 12.8 Å². The number of aryl methyl sites for hydroxylation is 1. The van der Waals surface area contributed by atoms with Crippen LogP contribution in [0.25, 0.3) is 0 Å². The number of rotatable bonds is 4. The summed E-state index contributed by atoms with van der Waals surface area (Å²) in [6.07, 6.45) is 5.71. The Labute approximate surface area is 125 Å². The van der Waals surface area contributed by atoms with Crippen molar-refractivity contribution in [3.8, 4) is 0 Å². The molecule has 0 saturated heterocycles. The van der Waals surface area contributed by atoms with E-state index in [1.807, 2.05) is 13.0 Å². The molecule has 5 nitrogen and oxygen atoms in total. The summed E-state index contributed by atoms with van der Waals surface area (Å²) in [5.74, 6) is 2.05. The zero-order valence-electron chi connectivity index (χ0n) is 10.6. The first-order valence-corrected chi connectivity index (χ1v) is 6.06. The lowest BCUT2D eigenvalue weighted by Gasteiger charge is -2.25.